The van der Waals surface area contributed by atoms with E-state index in [2.05, 4.69) is 4.98 Å². The highest BCUT2D eigenvalue weighted by Gasteiger charge is 2.39. The van der Waals surface area contributed by atoms with Gasteiger partial charge in [-0.1, -0.05) is 13.8 Å². The van der Waals surface area contributed by atoms with E-state index < -0.39 is 12.0 Å². The molecule has 0 saturated carbocycles. The van der Waals surface area contributed by atoms with E-state index in [0.717, 1.165) is 5.56 Å². The van der Waals surface area contributed by atoms with Crippen LogP contribution in [-0.2, 0) is 16.6 Å². The van der Waals surface area contributed by atoms with Gasteiger partial charge in [-0.25, -0.2) is 0 Å². The third-order valence-corrected chi connectivity index (χ3v) is 5.43. The minimum atomic E-state index is -0.784. The number of aromatic amines is 1. The lowest BCUT2D eigenvalue weighted by atomic mass is 9.97. The fourth-order valence-electron chi connectivity index (χ4n) is 3.90. The number of anilines is 1. The van der Waals surface area contributed by atoms with Crippen LogP contribution in [0.3, 0.4) is 0 Å². The molecule has 3 aromatic rings. The summed E-state index contributed by atoms with van der Waals surface area (Å²) in [5.41, 5.74) is 7.49. The van der Waals surface area contributed by atoms with Crippen LogP contribution in [0.25, 0.3) is 22.0 Å². The number of nitrogens with two attached hydrogens (primary N) is 1. The molecular weight excluding hydrogens is 400 g/mol. The maximum atomic E-state index is 13.1. The number of aryl methyl sites for hydroxylation is 1. The van der Waals surface area contributed by atoms with Crippen LogP contribution in [0, 0.1) is 5.92 Å². The highest BCUT2D eigenvalue weighted by molar-refractivity contribution is 6.07. The lowest BCUT2D eigenvalue weighted by Gasteiger charge is -2.36. The molecule has 0 saturated heterocycles. The van der Waals surface area contributed by atoms with Crippen molar-refractivity contribution in [3.8, 4) is 22.6 Å². The summed E-state index contributed by atoms with van der Waals surface area (Å²) in [4.78, 5) is 41.7. The monoisotopic (exact) mass is 424 g/mol. The molecule has 0 spiro atoms. The number of primary amides is 1. The number of carbonyl (C=O) groups is 2. The summed E-state index contributed by atoms with van der Waals surface area (Å²) in [7, 11) is 3.18. The van der Waals surface area contributed by atoms with Crippen molar-refractivity contribution < 1.29 is 19.1 Å². The van der Waals surface area contributed by atoms with E-state index >= 15 is 0 Å². The fourth-order valence-corrected chi connectivity index (χ4v) is 3.90. The molecule has 0 bridgehead atoms. The van der Waals surface area contributed by atoms with Crippen LogP contribution in [0.4, 0.5) is 5.69 Å². The van der Waals surface area contributed by atoms with Crippen molar-refractivity contribution >= 4 is 28.4 Å². The molecule has 0 radical (unpaired) electrons. The molecule has 162 valence electrons. The maximum Gasteiger partial charge on any atom is 0.274 e. The molecule has 31 heavy (non-hydrogen) atoms. The number of nitrogens with one attached hydrogen (secondary N) is 1. The Bertz CT molecular complexity index is 1260. The second-order valence-electron chi connectivity index (χ2n) is 7.92. The average Bonchev–Trinajstić information content (AvgIpc) is 3.21. The Morgan fingerprint density at radius 2 is 2.03 bits per heavy atom. The zero-order valence-corrected chi connectivity index (χ0v) is 17.8. The van der Waals surface area contributed by atoms with Gasteiger partial charge in [0.2, 0.25) is 5.91 Å². The van der Waals surface area contributed by atoms with Crippen LogP contribution in [0.1, 0.15) is 13.8 Å². The van der Waals surface area contributed by atoms with Crippen molar-refractivity contribution in [2.24, 2.45) is 18.7 Å². The van der Waals surface area contributed by atoms with E-state index in [1.807, 2.05) is 19.9 Å². The summed E-state index contributed by atoms with van der Waals surface area (Å²) in [6.07, 6.45) is 2.63. The van der Waals surface area contributed by atoms with Gasteiger partial charge in [0, 0.05) is 42.0 Å². The van der Waals surface area contributed by atoms with E-state index in [0.29, 0.717) is 33.7 Å². The number of pyridine rings is 1. The number of fused-ring (bicyclic) bond motifs is 2. The molecule has 9 nitrogen and oxygen atoms in total. The Morgan fingerprint density at radius 1 is 1.29 bits per heavy atom. The minimum Gasteiger partial charge on any atom is -0.497 e. The number of benzene rings is 1. The quantitative estimate of drug-likeness (QED) is 0.647. The third-order valence-electron chi connectivity index (χ3n) is 5.43. The zero-order valence-electron chi connectivity index (χ0n) is 17.8. The van der Waals surface area contributed by atoms with Crippen LogP contribution < -0.4 is 25.7 Å². The zero-order chi connectivity index (χ0) is 22.4. The number of carbonyl (C=O) groups excluding carboxylic acids is 2. The number of methoxy groups -OCH3 is 1. The SMILES string of the molecule is COc1cc(-c2cn(C)c(=O)c3[nH]ccc23)c2c(c1)N(CC(N)=O)C(=O)C(C(C)C)O2. The lowest BCUT2D eigenvalue weighted by molar-refractivity contribution is -0.129. The highest BCUT2D eigenvalue weighted by Crippen LogP contribution is 2.47. The standard InChI is InChI=1S/C22H24N4O5/c1-11(2)19-22(29)26(10-17(23)27)16-8-12(30-4)7-14(20(16)31-19)15-9-25(3)21(28)18-13(15)5-6-24-18/h5-9,11,19,24H,10H2,1-4H3,(H2,23,27). The second-order valence-corrected chi connectivity index (χ2v) is 7.92. The summed E-state index contributed by atoms with van der Waals surface area (Å²) in [5.74, 6) is -0.212. The summed E-state index contributed by atoms with van der Waals surface area (Å²) in [6.45, 7) is 3.46. The van der Waals surface area contributed by atoms with Gasteiger partial charge in [-0.05, 0) is 18.1 Å². The summed E-state index contributed by atoms with van der Waals surface area (Å²) < 4.78 is 13.1. The third kappa shape index (κ3) is 3.31. The number of H-pyrrole nitrogens is 1. The molecule has 0 aliphatic carbocycles. The summed E-state index contributed by atoms with van der Waals surface area (Å²) in [5, 5.41) is 0.710. The van der Waals surface area contributed by atoms with Crippen molar-refractivity contribution in [1.82, 2.24) is 9.55 Å². The molecule has 9 heteroatoms. The molecule has 1 aliphatic rings. The number of ether oxygens (including phenoxy) is 2. The second kappa shape index (κ2) is 7.50. The Morgan fingerprint density at radius 3 is 2.68 bits per heavy atom. The van der Waals surface area contributed by atoms with Crippen molar-refractivity contribution in [3.05, 3.63) is 40.9 Å². The first-order valence-electron chi connectivity index (χ1n) is 9.88. The molecule has 2 amide bonds. The van der Waals surface area contributed by atoms with Crippen LogP contribution in [-0.4, -0.2) is 41.1 Å². The molecule has 2 aromatic heterocycles. The molecule has 1 aromatic carbocycles. The van der Waals surface area contributed by atoms with Crippen molar-refractivity contribution in [2.45, 2.75) is 20.0 Å². The predicted molar refractivity (Wildman–Crippen MR) is 116 cm³/mol. The first-order valence-corrected chi connectivity index (χ1v) is 9.88. The predicted octanol–water partition coefficient (Wildman–Crippen LogP) is 1.78. The molecule has 0 fully saturated rings. The van der Waals surface area contributed by atoms with Crippen LogP contribution in [0.2, 0.25) is 0 Å². The molecule has 3 heterocycles. The first kappa shape index (κ1) is 20.5. The van der Waals surface area contributed by atoms with E-state index in [1.165, 1.54) is 16.6 Å². The average molecular weight is 424 g/mol. The fraction of sp³-hybridized carbons (Fsp3) is 0.318. The van der Waals surface area contributed by atoms with Gasteiger partial charge in [-0.2, -0.15) is 0 Å². The first-order chi connectivity index (χ1) is 14.7. The van der Waals surface area contributed by atoms with Crippen molar-refractivity contribution in [2.75, 3.05) is 18.6 Å². The van der Waals surface area contributed by atoms with E-state index in [-0.39, 0.29) is 23.9 Å². The van der Waals surface area contributed by atoms with Gasteiger partial charge in [0.15, 0.2) is 11.9 Å². The van der Waals surface area contributed by atoms with Crippen LogP contribution >= 0.6 is 0 Å². The molecule has 1 aliphatic heterocycles. The van der Waals surface area contributed by atoms with Gasteiger partial charge in [-0.15, -0.1) is 0 Å². The number of rotatable bonds is 5. The molecular formula is C22H24N4O5. The molecule has 4 rings (SSSR count). The van der Waals surface area contributed by atoms with Gasteiger partial charge in [0.25, 0.3) is 11.5 Å². The van der Waals surface area contributed by atoms with E-state index in [4.69, 9.17) is 15.2 Å². The Kier molecular flexibility index (Phi) is 4.96. The lowest BCUT2D eigenvalue weighted by Crippen LogP contribution is -2.51. The Balaban J connectivity index is 2.05. The summed E-state index contributed by atoms with van der Waals surface area (Å²) in [6, 6.07) is 5.25. The van der Waals surface area contributed by atoms with Gasteiger partial charge >= 0.3 is 0 Å². The van der Waals surface area contributed by atoms with Crippen molar-refractivity contribution in [1.29, 1.82) is 0 Å². The van der Waals surface area contributed by atoms with E-state index in [9.17, 15) is 14.4 Å². The molecule has 3 N–H and O–H groups in total. The van der Waals surface area contributed by atoms with Gasteiger partial charge < -0.3 is 24.8 Å². The van der Waals surface area contributed by atoms with E-state index in [1.54, 1.807) is 31.6 Å². The number of hydrogen-bond acceptors (Lipinski definition) is 5. The number of hydrogen-bond donors (Lipinski definition) is 2. The largest absolute Gasteiger partial charge is 0.497 e. The van der Waals surface area contributed by atoms with Crippen molar-refractivity contribution in [3.63, 3.8) is 0 Å². The number of nitrogens with zero attached hydrogens (tertiary/aromatic N) is 2. The number of amides is 2. The maximum absolute atomic E-state index is 13.1. The molecule has 1 atom stereocenters. The smallest absolute Gasteiger partial charge is 0.274 e. The van der Waals surface area contributed by atoms with Gasteiger partial charge in [-0.3, -0.25) is 19.3 Å². The Labute approximate surface area is 178 Å². The van der Waals surface area contributed by atoms with Gasteiger partial charge in [0.1, 0.15) is 17.8 Å². The number of aromatic nitrogens is 2. The Hall–Kier alpha value is -3.75. The normalized spacial score (nSPS) is 15.8. The van der Waals surface area contributed by atoms with Gasteiger partial charge in [0.05, 0.1) is 12.8 Å². The highest BCUT2D eigenvalue weighted by atomic mass is 16.5. The topological polar surface area (TPSA) is 120 Å². The summed E-state index contributed by atoms with van der Waals surface area (Å²) >= 11 is 0. The molecule has 1 unspecified atom stereocenters. The van der Waals surface area contributed by atoms with Crippen LogP contribution in [0.5, 0.6) is 11.5 Å². The van der Waals surface area contributed by atoms with Crippen LogP contribution in [0.15, 0.2) is 35.4 Å². The minimum absolute atomic E-state index is 0.140.